The van der Waals surface area contributed by atoms with Crippen LogP contribution >= 0.6 is 0 Å². The molecule has 0 unspecified atom stereocenters. The third-order valence-corrected chi connectivity index (χ3v) is 6.18. The predicted octanol–water partition coefficient (Wildman–Crippen LogP) is 5.25. The molecular formula is C22H30FN3O2S. The number of rotatable bonds is 7. The largest absolute Gasteiger partial charge is 0.241 e. The van der Waals surface area contributed by atoms with Gasteiger partial charge in [0.05, 0.1) is 17.6 Å². The fourth-order valence-electron chi connectivity index (χ4n) is 2.62. The van der Waals surface area contributed by atoms with Crippen molar-refractivity contribution in [2.45, 2.75) is 47.0 Å². The van der Waals surface area contributed by atoms with Gasteiger partial charge in [0.2, 0.25) is 16.0 Å². The van der Waals surface area contributed by atoms with Gasteiger partial charge in [-0.05, 0) is 42.0 Å². The molecule has 29 heavy (non-hydrogen) atoms. The Balaban J connectivity index is 2.83. The van der Waals surface area contributed by atoms with Gasteiger partial charge in [0.1, 0.15) is 5.82 Å². The minimum absolute atomic E-state index is 0.0173. The third kappa shape index (κ3) is 5.63. The van der Waals surface area contributed by atoms with E-state index in [1.54, 1.807) is 12.1 Å². The molecule has 158 valence electrons. The standard InChI is InChI=1S/C22H30FN3O2S/c1-8-22(4,5)14-13-18-19(15(2)3)24-21(26(6)29(7,27)28)25-20(18)16-9-11-17(23)12-10-16/h9-15H,8H2,1-7H3/b14-13+. The predicted molar refractivity (Wildman–Crippen MR) is 118 cm³/mol. The number of anilines is 1. The molecule has 0 fully saturated rings. The number of allylic oxidation sites excluding steroid dienone is 1. The van der Waals surface area contributed by atoms with Crippen molar-refractivity contribution in [2.24, 2.45) is 5.41 Å². The van der Waals surface area contributed by atoms with Gasteiger partial charge in [-0.1, -0.05) is 46.8 Å². The van der Waals surface area contributed by atoms with Gasteiger partial charge in [-0.3, -0.25) is 0 Å². The Kier molecular flexibility index (Phi) is 6.83. The molecule has 0 aliphatic heterocycles. The van der Waals surface area contributed by atoms with Crippen molar-refractivity contribution in [1.29, 1.82) is 0 Å². The van der Waals surface area contributed by atoms with Crippen molar-refractivity contribution < 1.29 is 12.8 Å². The van der Waals surface area contributed by atoms with Gasteiger partial charge in [-0.15, -0.1) is 0 Å². The molecule has 7 heteroatoms. The summed E-state index contributed by atoms with van der Waals surface area (Å²) in [5.74, 6) is -0.208. The molecule has 0 aliphatic carbocycles. The van der Waals surface area contributed by atoms with E-state index in [4.69, 9.17) is 0 Å². The summed E-state index contributed by atoms with van der Waals surface area (Å²) in [6.45, 7) is 10.4. The Morgan fingerprint density at radius 3 is 2.24 bits per heavy atom. The molecule has 0 atom stereocenters. The molecule has 0 saturated heterocycles. The zero-order valence-electron chi connectivity index (χ0n) is 18.2. The number of hydrogen-bond acceptors (Lipinski definition) is 4. The van der Waals surface area contributed by atoms with Gasteiger partial charge in [-0.2, -0.15) is 0 Å². The molecule has 0 spiro atoms. The van der Waals surface area contributed by atoms with E-state index in [1.165, 1.54) is 19.2 Å². The average Bonchev–Trinajstić information content (AvgIpc) is 2.65. The maximum absolute atomic E-state index is 13.5. The van der Waals surface area contributed by atoms with Crippen LogP contribution in [0.25, 0.3) is 17.3 Å². The maximum atomic E-state index is 13.5. The first-order valence-corrected chi connectivity index (χ1v) is 11.5. The normalized spacial score (nSPS) is 12.7. The second kappa shape index (κ2) is 8.61. The molecule has 1 heterocycles. The molecule has 2 aromatic rings. The highest BCUT2D eigenvalue weighted by Crippen LogP contribution is 2.33. The maximum Gasteiger partial charge on any atom is 0.239 e. The minimum atomic E-state index is -3.53. The smallest absolute Gasteiger partial charge is 0.239 e. The Morgan fingerprint density at radius 1 is 1.17 bits per heavy atom. The second-order valence-corrected chi connectivity index (χ2v) is 10.3. The zero-order valence-corrected chi connectivity index (χ0v) is 19.0. The van der Waals surface area contributed by atoms with E-state index in [0.29, 0.717) is 11.3 Å². The zero-order chi connectivity index (χ0) is 22.0. The molecule has 2 rings (SSSR count). The van der Waals surface area contributed by atoms with Gasteiger partial charge >= 0.3 is 0 Å². The van der Waals surface area contributed by atoms with E-state index >= 15 is 0 Å². The van der Waals surface area contributed by atoms with Gasteiger partial charge < -0.3 is 0 Å². The molecule has 0 N–H and O–H groups in total. The lowest BCUT2D eigenvalue weighted by atomic mass is 9.88. The van der Waals surface area contributed by atoms with Gasteiger partial charge in [0, 0.05) is 18.2 Å². The van der Waals surface area contributed by atoms with Crippen LogP contribution in [0.5, 0.6) is 0 Å². The molecule has 1 aromatic carbocycles. The summed E-state index contributed by atoms with van der Waals surface area (Å²) in [5.41, 5.74) is 2.83. The van der Waals surface area contributed by atoms with Crippen LogP contribution in [0.1, 0.15) is 58.2 Å². The second-order valence-electron chi connectivity index (χ2n) is 8.24. The molecule has 0 saturated carbocycles. The van der Waals surface area contributed by atoms with E-state index in [0.717, 1.165) is 28.2 Å². The van der Waals surface area contributed by atoms with Crippen molar-refractivity contribution in [3.05, 3.63) is 47.4 Å². The number of nitrogens with zero attached hydrogens (tertiary/aromatic N) is 3. The lowest BCUT2D eigenvalue weighted by Gasteiger charge is -2.21. The van der Waals surface area contributed by atoms with E-state index in [9.17, 15) is 12.8 Å². The molecule has 1 aromatic heterocycles. The topological polar surface area (TPSA) is 63.2 Å². The average molecular weight is 420 g/mol. The van der Waals surface area contributed by atoms with Crippen molar-refractivity contribution in [1.82, 2.24) is 9.97 Å². The van der Waals surface area contributed by atoms with Crippen LogP contribution in [0.2, 0.25) is 0 Å². The molecule has 0 aliphatic rings. The van der Waals surface area contributed by atoms with E-state index in [-0.39, 0.29) is 23.1 Å². The van der Waals surface area contributed by atoms with Gasteiger partial charge in [0.15, 0.2) is 0 Å². The molecular weight excluding hydrogens is 389 g/mol. The summed E-state index contributed by atoms with van der Waals surface area (Å²) in [6.07, 6.45) is 6.19. The summed E-state index contributed by atoms with van der Waals surface area (Å²) in [7, 11) is -2.10. The minimum Gasteiger partial charge on any atom is -0.241 e. The number of aromatic nitrogens is 2. The molecule has 0 amide bonds. The Hall–Kier alpha value is -2.28. The van der Waals surface area contributed by atoms with Crippen LogP contribution in [0.15, 0.2) is 30.3 Å². The Morgan fingerprint density at radius 2 is 1.76 bits per heavy atom. The summed E-state index contributed by atoms with van der Waals surface area (Å²) in [4.78, 5) is 9.15. The van der Waals surface area contributed by atoms with Gasteiger partial charge in [0.25, 0.3) is 0 Å². The summed E-state index contributed by atoms with van der Waals surface area (Å²) in [5, 5.41) is 0. The highest BCUT2D eigenvalue weighted by Gasteiger charge is 2.22. The first kappa shape index (κ1) is 23.0. The van der Waals surface area contributed by atoms with Crippen LogP contribution in [-0.2, 0) is 10.0 Å². The number of hydrogen-bond donors (Lipinski definition) is 0. The van der Waals surface area contributed by atoms with Crippen molar-refractivity contribution >= 4 is 22.0 Å². The quantitative estimate of drug-likeness (QED) is 0.615. The monoisotopic (exact) mass is 419 g/mol. The highest BCUT2D eigenvalue weighted by molar-refractivity contribution is 7.92. The fourth-order valence-corrected chi connectivity index (χ4v) is 3.00. The lowest BCUT2D eigenvalue weighted by Crippen LogP contribution is -2.27. The molecule has 0 bridgehead atoms. The Labute approximate surface area is 173 Å². The SMILES string of the molecule is CCC(C)(C)/C=C/c1c(-c2ccc(F)cc2)nc(N(C)S(C)(=O)=O)nc1C(C)C. The van der Waals surface area contributed by atoms with Crippen LogP contribution in [0, 0.1) is 11.2 Å². The molecule has 0 radical (unpaired) electrons. The summed E-state index contributed by atoms with van der Waals surface area (Å²) < 4.78 is 38.7. The summed E-state index contributed by atoms with van der Waals surface area (Å²) in [6, 6.07) is 6.04. The van der Waals surface area contributed by atoms with E-state index in [1.807, 2.05) is 19.9 Å². The number of benzene rings is 1. The highest BCUT2D eigenvalue weighted by atomic mass is 32.2. The first-order valence-electron chi connectivity index (χ1n) is 9.66. The van der Waals surface area contributed by atoms with Crippen LogP contribution in [0.3, 0.4) is 0 Å². The van der Waals surface area contributed by atoms with Gasteiger partial charge in [-0.25, -0.2) is 27.1 Å². The van der Waals surface area contributed by atoms with Crippen molar-refractivity contribution in [3.63, 3.8) is 0 Å². The fraction of sp³-hybridized carbons (Fsp3) is 0.455. The van der Waals surface area contributed by atoms with Crippen LogP contribution < -0.4 is 4.31 Å². The molecule has 5 nitrogen and oxygen atoms in total. The van der Waals surface area contributed by atoms with Crippen LogP contribution in [0.4, 0.5) is 10.3 Å². The summed E-state index contributed by atoms with van der Waals surface area (Å²) >= 11 is 0. The van der Waals surface area contributed by atoms with Crippen molar-refractivity contribution in [3.8, 4) is 11.3 Å². The third-order valence-electron chi connectivity index (χ3n) is 5.02. The number of halogens is 1. The lowest BCUT2D eigenvalue weighted by molar-refractivity contribution is 0.464. The van der Waals surface area contributed by atoms with Crippen LogP contribution in [-0.4, -0.2) is 31.7 Å². The van der Waals surface area contributed by atoms with E-state index < -0.39 is 10.0 Å². The first-order chi connectivity index (χ1) is 13.4. The van der Waals surface area contributed by atoms with Crippen molar-refractivity contribution in [2.75, 3.05) is 17.6 Å². The Bertz CT molecular complexity index is 997. The number of sulfonamides is 1. The van der Waals surface area contributed by atoms with E-state index in [2.05, 4.69) is 36.8 Å².